The molecule has 2 N–H and O–H groups in total. The number of piperidine rings is 1. The Kier molecular flexibility index (Phi) is 5.42. The molecule has 1 aromatic rings. The molecule has 2 rings (SSSR count). The van der Waals surface area contributed by atoms with Gasteiger partial charge in [0.25, 0.3) is 0 Å². The highest BCUT2D eigenvalue weighted by Crippen LogP contribution is 2.27. The summed E-state index contributed by atoms with van der Waals surface area (Å²) in [4.78, 5) is 0.158. The van der Waals surface area contributed by atoms with Crippen molar-refractivity contribution in [2.45, 2.75) is 30.2 Å². The average molecular weight is 363 g/mol. The largest absolute Gasteiger partial charge is 0.495 e. The van der Waals surface area contributed by atoms with E-state index in [4.69, 9.17) is 4.74 Å². The van der Waals surface area contributed by atoms with Crippen LogP contribution in [0.1, 0.15) is 19.3 Å². The summed E-state index contributed by atoms with van der Waals surface area (Å²) in [7, 11) is -2.11. The quantitative estimate of drug-likeness (QED) is 0.838. The molecule has 1 heterocycles. The Hall–Kier alpha value is -0.630. The summed E-state index contributed by atoms with van der Waals surface area (Å²) in [5.74, 6) is 0.345. The lowest BCUT2D eigenvalue weighted by Crippen LogP contribution is -2.43. The third kappa shape index (κ3) is 3.94. The Morgan fingerprint density at radius 3 is 2.90 bits per heavy atom. The van der Waals surface area contributed by atoms with Crippen molar-refractivity contribution in [2.24, 2.45) is 0 Å². The molecule has 0 spiro atoms. The number of benzene rings is 1. The van der Waals surface area contributed by atoms with Crippen molar-refractivity contribution in [1.82, 2.24) is 10.0 Å². The first-order chi connectivity index (χ1) is 9.53. The van der Waals surface area contributed by atoms with Gasteiger partial charge in [-0.05, 0) is 37.6 Å². The van der Waals surface area contributed by atoms with E-state index >= 15 is 0 Å². The summed E-state index contributed by atoms with van der Waals surface area (Å²) >= 11 is 3.29. The van der Waals surface area contributed by atoms with Crippen LogP contribution in [-0.2, 0) is 10.0 Å². The van der Waals surface area contributed by atoms with E-state index in [9.17, 15) is 8.42 Å². The number of hydrogen-bond donors (Lipinski definition) is 2. The number of nitrogens with one attached hydrogen (secondary N) is 2. The molecule has 1 saturated heterocycles. The number of halogens is 1. The minimum atomic E-state index is -3.57. The normalized spacial score (nSPS) is 19.8. The highest BCUT2D eigenvalue weighted by Gasteiger charge is 2.22. The Bertz CT molecular complexity index is 557. The number of hydrogen-bond acceptors (Lipinski definition) is 4. The topological polar surface area (TPSA) is 67.4 Å². The van der Waals surface area contributed by atoms with E-state index in [0.717, 1.165) is 25.8 Å². The van der Waals surface area contributed by atoms with Crippen molar-refractivity contribution in [1.29, 1.82) is 0 Å². The van der Waals surface area contributed by atoms with Gasteiger partial charge in [-0.25, -0.2) is 13.1 Å². The number of sulfonamides is 1. The van der Waals surface area contributed by atoms with E-state index < -0.39 is 10.0 Å². The zero-order valence-electron chi connectivity index (χ0n) is 11.4. The van der Waals surface area contributed by atoms with Gasteiger partial charge < -0.3 is 10.1 Å². The van der Waals surface area contributed by atoms with Crippen LogP contribution < -0.4 is 14.8 Å². The van der Waals surface area contributed by atoms with Gasteiger partial charge in [0.15, 0.2) is 0 Å². The predicted molar refractivity (Wildman–Crippen MR) is 81.5 cm³/mol. The maximum Gasteiger partial charge on any atom is 0.244 e. The molecule has 112 valence electrons. The van der Waals surface area contributed by atoms with Crippen LogP contribution in [0.4, 0.5) is 0 Å². The molecule has 0 unspecified atom stereocenters. The van der Waals surface area contributed by atoms with Crippen LogP contribution >= 0.6 is 15.9 Å². The molecule has 0 aliphatic carbocycles. The molecule has 7 heteroatoms. The molecule has 1 aliphatic heterocycles. The molecule has 1 aromatic carbocycles. The molecule has 0 radical (unpaired) electrons. The predicted octanol–water partition coefficient (Wildman–Crippen LogP) is 1.88. The van der Waals surface area contributed by atoms with Crippen LogP contribution in [0.3, 0.4) is 0 Å². The van der Waals surface area contributed by atoms with Gasteiger partial charge in [0, 0.05) is 17.1 Å². The zero-order chi connectivity index (χ0) is 14.6. The first-order valence-electron chi connectivity index (χ1n) is 6.59. The lowest BCUT2D eigenvalue weighted by atomic mass is 10.1. The molecule has 0 amide bonds. The molecule has 5 nitrogen and oxygen atoms in total. The molecular weight excluding hydrogens is 344 g/mol. The van der Waals surface area contributed by atoms with Gasteiger partial charge in [-0.2, -0.15) is 0 Å². The van der Waals surface area contributed by atoms with Crippen molar-refractivity contribution < 1.29 is 13.2 Å². The molecule has 0 aromatic heterocycles. The second-order valence-corrected chi connectivity index (χ2v) is 7.44. The third-order valence-electron chi connectivity index (χ3n) is 3.35. The van der Waals surface area contributed by atoms with Crippen molar-refractivity contribution in [3.8, 4) is 5.75 Å². The third-order valence-corrected chi connectivity index (χ3v) is 5.29. The van der Waals surface area contributed by atoms with Gasteiger partial charge >= 0.3 is 0 Å². The molecular formula is C13H19BrN2O3S. The zero-order valence-corrected chi connectivity index (χ0v) is 13.8. The second-order valence-electron chi connectivity index (χ2n) is 4.79. The Morgan fingerprint density at radius 2 is 2.25 bits per heavy atom. The van der Waals surface area contributed by atoms with E-state index in [1.807, 2.05) is 0 Å². The summed E-state index contributed by atoms with van der Waals surface area (Å²) in [6, 6.07) is 5.14. The first-order valence-corrected chi connectivity index (χ1v) is 8.87. The summed E-state index contributed by atoms with van der Waals surface area (Å²) in [6.45, 7) is 1.35. The van der Waals surface area contributed by atoms with Gasteiger partial charge in [0.05, 0.1) is 7.11 Å². The fraction of sp³-hybridized carbons (Fsp3) is 0.538. The smallest absolute Gasteiger partial charge is 0.244 e. The van der Waals surface area contributed by atoms with E-state index in [2.05, 4.69) is 26.0 Å². The van der Waals surface area contributed by atoms with Crippen LogP contribution in [0.15, 0.2) is 27.6 Å². The van der Waals surface area contributed by atoms with Crippen LogP contribution in [0.5, 0.6) is 5.75 Å². The maximum absolute atomic E-state index is 12.4. The highest BCUT2D eigenvalue weighted by molar-refractivity contribution is 9.10. The van der Waals surface area contributed by atoms with Crippen molar-refractivity contribution in [3.05, 3.63) is 22.7 Å². The molecule has 1 fully saturated rings. The van der Waals surface area contributed by atoms with Crippen LogP contribution in [0, 0.1) is 0 Å². The van der Waals surface area contributed by atoms with E-state index in [0.29, 0.717) is 16.8 Å². The summed E-state index contributed by atoms with van der Waals surface area (Å²) < 4.78 is 33.2. The van der Waals surface area contributed by atoms with Crippen molar-refractivity contribution >= 4 is 26.0 Å². The Balaban J connectivity index is 2.11. The number of ether oxygens (including phenoxy) is 1. The highest BCUT2D eigenvalue weighted by atomic mass is 79.9. The fourth-order valence-electron chi connectivity index (χ4n) is 2.25. The van der Waals surface area contributed by atoms with Gasteiger partial charge in [-0.15, -0.1) is 0 Å². The van der Waals surface area contributed by atoms with Crippen molar-refractivity contribution in [3.63, 3.8) is 0 Å². The summed E-state index contributed by atoms with van der Waals surface area (Å²) in [5, 5.41) is 3.32. The second kappa shape index (κ2) is 6.89. The van der Waals surface area contributed by atoms with Crippen LogP contribution in [0.2, 0.25) is 0 Å². The minimum Gasteiger partial charge on any atom is -0.495 e. The molecule has 0 saturated carbocycles. The van der Waals surface area contributed by atoms with Crippen LogP contribution in [-0.4, -0.2) is 34.7 Å². The Morgan fingerprint density at radius 1 is 1.45 bits per heavy atom. The first kappa shape index (κ1) is 15.8. The lowest BCUT2D eigenvalue weighted by Gasteiger charge is -2.23. The lowest BCUT2D eigenvalue weighted by molar-refractivity contribution is 0.394. The van der Waals surface area contributed by atoms with Gasteiger partial charge in [-0.3, -0.25) is 0 Å². The van der Waals surface area contributed by atoms with Gasteiger partial charge in [0.1, 0.15) is 10.6 Å². The standard InChI is InChI=1S/C13H19BrN2O3S/c1-19-12-6-5-10(14)8-13(12)20(17,18)16-9-11-4-2-3-7-15-11/h5-6,8,11,15-16H,2-4,7,9H2,1H3/t11-/m0/s1. The van der Waals surface area contributed by atoms with E-state index in [1.54, 1.807) is 18.2 Å². The molecule has 20 heavy (non-hydrogen) atoms. The SMILES string of the molecule is COc1ccc(Br)cc1S(=O)(=O)NC[C@@H]1CCCCN1. The Labute approximate surface area is 128 Å². The minimum absolute atomic E-state index is 0.158. The summed E-state index contributed by atoms with van der Waals surface area (Å²) in [5.41, 5.74) is 0. The molecule has 0 bridgehead atoms. The maximum atomic E-state index is 12.4. The average Bonchev–Trinajstić information content (AvgIpc) is 2.46. The number of rotatable bonds is 5. The van der Waals surface area contributed by atoms with Gasteiger partial charge in [0.2, 0.25) is 10.0 Å². The van der Waals surface area contributed by atoms with Gasteiger partial charge in [-0.1, -0.05) is 22.4 Å². The fourth-order valence-corrected chi connectivity index (χ4v) is 4.03. The number of methoxy groups -OCH3 is 1. The molecule has 1 atom stereocenters. The van der Waals surface area contributed by atoms with Crippen molar-refractivity contribution in [2.75, 3.05) is 20.2 Å². The molecule has 1 aliphatic rings. The summed E-state index contributed by atoms with van der Waals surface area (Å²) in [6.07, 6.45) is 3.29. The van der Waals surface area contributed by atoms with E-state index in [-0.39, 0.29) is 10.9 Å². The van der Waals surface area contributed by atoms with E-state index in [1.165, 1.54) is 7.11 Å². The van der Waals surface area contributed by atoms with Crippen LogP contribution in [0.25, 0.3) is 0 Å². The monoisotopic (exact) mass is 362 g/mol.